The molecule has 2 aliphatic rings. The highest BCUT2D eigenvalue weighted by Gasteiger charge is 2.48. The third kappa shape index (κ3) is 2.13. The number of carbonyl (C=O) groups excluding carboxylic acids is 1. The fourth-order valence-corrected chi connectivity index (χ4v) is 2.41. The first-order valence-electron chi connectivity index (χ1n) is 6.23. The minimum atomic E-state index is -0.525. The second-order valence-electron chi connectivity index (χ2n) is 5.00. The molecule has 2 heterocycles. The molecule has 2 fully saturated rings. The highest BCUT2D eigenvalue weighted by molar-refractivity contribution is 5.97. The number of nitrogens with zero attached hydrogens (tertiary/aromatic N) is 3. The predicted octanol–water partition coefficient (Wildman–Crippen LogP) is 0.421. The molecule has 19 heavy (non-hydrogen) atoms. The lowest BCUT2D eigenvalue weighted by atomic mass is 10.1. The molecule has 1 amide bonds. The van der Waals surface area contributed by atoms with E-state index in [2.05, 4.69) is 4.98 Å². The van der Waals surface area contributed by atoms with Gasteiger partial charge in [0.1, 0.15) is 17.6 Å². The summed E-state index contributed by atoms with van der Waals surface area (Å²) in [5.74, 6) is -0.0237. The van der Waals surface area contributed by atoms with E-state index >= 15 is 0 Å². The largest absolute Gasteiger partial charge is 0.371 e. The molecule has 6 heteroatoms. The zero-order valence-corrected chi connectivity index (χ0v) is 10.4. The van der Waals surface area contributed by atoms with Gasteiger partial charge in [-0.2, -0.15) is 5.26 Å². The second-order valence-corrected chi connectivity index (χ2v) is 5.00. The minimum Gasteiger partial charge on any atom is -0.371 e. The van der Waals surface area contributed by atoms with Crippen LogP contribution in [0.3, 0.4) is 0 Å². The first-order valence-corrected chi connectivity index (χ1v) is 6.23. The van der Waals surface area contributed by atoms with E-state index < -0.39 is 5.91 Å². The van der Waals surface area contributed by atoms with Crippen LogP contribution in [0.15, 0.2) is 12.1 Å². The molecule has 1 spiro atoms. The maximum absolute atomic E-state index is 11.5. The van der Waals surface area contributed by atoms with E-state index in [-0.39, 0.29) is 11.3 Å². The number of aromatic nitrogens is 1. The monoisotopic (exact) mass is 258 g/mol. The number of primary amides is 1. The number of pyridine rings is 1. The number of hydrogen-bond donors (Lipinski definition) is 1. The van der Waals surface area contributed by atoms with Crippen LogP contribution in [0, 0.1) is 11.3 Å². The SMILES string of the molecule is N#Cc1ccc(C(N)=O)c(N2CCOC3(CC3)C2)n1. The van der Waals surface area contributed by atoms with Gasteiger partial charge in [0.05, 0.1) is 17.8 Å². The summed E-state index contributed by atoms with van der Waals surface area (Å²) in [5.41, 5.74) is 5.95. The average Bonchev–Trinajstić information content (AvgIpc) is 3.17. The van der Waals surface area contributed by atoms with Gasteiger partial charge in [0.25, 0.3) is 5.91 Å². The molecule has 0 atom stereocenters. The molecule has 3 rings (SSSR count). The number of nitriles is 1. The van der Waals surface area contributed by atoms with Crippen LogP contribution in [0.5, 0.6) is 0 Å². The summed E-state index contributed by atoms with van der Waals surface area (Å²) < 4.78 is 5.73. The molecule has 1 aromatic heterocycles. The summed E-state index contributed by atoms with van der Waals surface area (Å²) in [6.07, 6.45) is 2.07. The molecule has 98 valence electrons. The van der Waals surface area contributed by atoms with Crippen molar-refractivity contribution < 1.29 is 9.53 Å². The van der Waals surface area contributed by atoms with Gasteiger partial charge >= 0.3 is 0 Å². The molecular weight excluding hydrogens is 244 g/mol. The normalized spacial score (nSPS) is 20.1. The Hall–Kier alpha value is -2.13. The van der Waals surface area contributed by atoms with Gasteiger partial charge in [0, 0.05) is 13.1 Å². The Balaban J connectivity index is 1.97. The number of hydrogen-bond acceptors (Lipinski definition) is 5. The summed E-state index contributed by atoms with van der Waals surface area (Å²) in [5, 5.41) is 8.93. The molecule has 6 nitrogen and oxygen atoms in total. The van der Waals surface area contributed by atoms with Crippen molar-refractivity contribution in [3.63, 3.8) is 0 Å². The molecular formula is C13H14N4O2. The molecule has 1 aliphatic heterocycles. The van der Waals surface area contributed by atoms with E-state index in [0.29, 0.717) is 31.1 Å². The Morgan fingerprint density at radius 1 is 1.53 bits per heavy atom. The van der Waals surface area contributed by atoms with Crippen molar-refractivity contribution in [2.24, 2.45) is 5.73 Å². The van der Waals surface area contributed by atoms with Crippen molar-refractivity contribution in [3.8, 4) is 6.07 Å². The molecule has 1 saturated carbocycles. The highest BCUT2D eigenvalue weighted by atomic mass is 16.5. The van der Waals surface area contributed by atoms with Crippen LogP contribution in [-0.4, -0.2) is 36.2 Å². The Bertz CT molecular complexity index is 574. The van der Waals surface area contributed by atoms with Gasteiger partial charge in [-0.1, -0.05) is 0 Å². The van der Waals surface area contributed by atoms with Crippen LogP contribution in [0.1, 0.15) is 28.9 Å². The first kappa shape index (κ1) is 11.9. The van der Waals surface area contributed by atoms with E-state index in [1.165, 1.54) is 6.07 Å². The Morgan fingerprint density at radius 3 is 2.95 bits per heavy atom. The summed E-state index contributed by atoms with van der Waals surface area (Å²) in [6, 6.07) is 5.07. The van der Waals surface area contributed by atoms with Crippen molar-refractivity contribution in [3.05, 3.63) is 23.4 Å². The lowest BCUT2D eigenvalue weighted by Crippen LogP contribution is -2.45. The van der Waals surface area contributed by atoms with E-state index in [4.69, 9.17) is 15.7 Å². The topological polar surface area (TPSA) is 92.2 Å². The third-order valence-corrected chi connectivity index (χ3v) is 3.61. The van der Waals surface area contributed by atoms with Crippen LogP contribution in [0.4, 0.5) is 5.82 Å². The predicted molar refractivity (Wildman–Crippen MR) is 67.6 cm³/mol. The highest BCUT2D eigenvalue weighted by Crippen LogP contribution is 2.42. The number of morpholine rings is 1. The van der Waals surface area contributed by atoms with Gasteiger partial charge in [-0.15, -0.1) is 0 Å². The molecule has 1 saturated heterocycles. The van der Waals surface area contributed by atoms with E-state index in [1.807, 2.05) is 11.0 Å². The number of anilines is 1. The summed E-state index contributed by atoms with van der Waals surface area (Å²) in [4.78, 5) is 17.7. The van der Waals surface area contributed by atoms with E-state index in [9.17, 15) is 4.79 Å². The molecule has 0 unspecified atom stereocenters. The Morgan fingerprint density at radius 2 is 2.32 bits per heavy atom. The van der Waals surface area contributed by atoms with Crippen LogP contribution >= 0.6 is 0 Å². The molecule has 2 N–H and O–H groups in total. The number of ether oxygens (including phenoxy) is 1. The first-order chi connectivity index (χ1) is 9.13. The zero-order chi connectivity index (χ0) is 13.5. The molecule has 0 aromatic carbocycles. The van der Waals surface area contributed by atoms with Gasteiger partial charge in [-0.05, 0) is 25.0 Å². The van der Waals surface area contributed by atoms with Gasteiger partial charge in [0.2, 0.25) is 0 Å². The van der Waals surface area contributed by atoms with Gasteiger partial charge in [-0.3, -0.25) is 4.79 Å². The van der Waals surface area contributed by atoms with Gasteiger partial charge < -0.3 is 15.4 Å². The second kappa shape index (κ2) is 4.21. The zero-order valence-electron chi connectivity index (χ0n) is 10.4. The molecule has 0 radical (unpaired) electrons. The number of rotatable bonds is 2. The van der Waals surface area contributed by atoms with Crippen LogP contribution in [0.25, 0.3) is 0 Å². The fraction of sp³-hybridized carbons (Fsp3) is 0.462. The molecule has 1 aromatic rings. The van der Waals surface area contributed by atoms with Crippen molar-refractivity contribution >= 4 is 11.7 Å². The maximum atomic E-state index is 11.5. The summed E-state index contributed by atoms with van der Waals surface area (Å²) >= 11 is 0. The lowest BCUT2D eigenvalue weighted by molar-refractivity contribution is 0.0203. The smallest absolute Gasteiger partial charge is 0.252 e. The van der Waals surface area contributed by atoms with Crippen molar-refractivity contribution in [1.82, 2.24) is 4.98 Å². The van der Waals surface area contributed by atoms with Crippen molar-refractivity contribution in [1.29, 1.82) is 5.26 Å². The molecule has 1 aliphatic carbocycles. The summed E-state index contributed by atoms with van der Waals surface area (Å²) in [6.45, 7) is 1.97. The average molecular weight is 258 g/mol. The minimum absolute atomic E-state index is 0.0719. The Kier molecular flexibility index (Phi) is 2.64. The fourth-order valence-electron chi connectivity index (χ4n) is 2.41. The Labute approximate surface area is 110 Å². The number of carbonyl (C=O) groups is 1. The van der Waals surface area contributed by atoms with Crippen molar-refractivity contribution in [2.45, 2.75) is 18.4 Å². The number of amides is 1. The summed E-state index contributed by atoms with van der Waals surface area (Å²) in [7, 11) is 0. The van der Waals surface area contributed by atoms with E-state index in [1.54, 1.807) is 6.07 Å². The third-order valence-electron chi connectivity index (χ3n) is 3.61. The van der Waals surface area contributed by atoms with Crippen LogP contribution < -0.4 is 10.6 Å². The standard InChI is InChI=1S/C13H14N4O2/c14-7-9-1-2-10(11(15)18)12(16-9)17-5-6-19-13(8-17)3-4-13/h1-2H,3-6,8H2,(H2,15,18). The quantitative estimate of drug-likeness (QED) is 0.830. The van der Waals surface area contributed by atoms with Gasteiger partial charge in [-0.25, -0.2) is 4.98 Å². The van der Waals surface area contributed by atoms with Crippen molar-refractivity contribution in [2.75, 3.05) is 24.6 Å². The van der Waals surface area contributed by atoms with Gasteiger partial charge in [0.15, 0.2) is 0 Å². The van der Waals surface area contributed by atoms with Crippen LogP contribution in [0.2, 0.25) is 0 Å². The maximum Gasteiger partial charge on any atom is 0.252 e. The van der Waals surface area contributed by atoms with Crippen LogP contribution in [-0.2, 0) is 4.74 Å². The lowest BCUT2D eigenvalue weighted by Gasteiger charge is -2.34. The number of nitrogens with two attached hydrogens (primary N) is 1. The molecule has 0 bridgehead atoms. The van der Waals surface area contributed by atoms with E-state index in [0.717, 1.165) is 12.8 Å².